The molecule has 0 nitrogen and oxygen atoms in total. The summed E-state index contributed by atoms with van der Waals surface area (Å²) in [6.07, 6.45) is 0. The lowest BCUT2D eigenvalue weighted by Gasteiger charge is -2.12. The molecule has 0 radical (unpaired) electrons. The number of benzene rings is 5. The van der Waals surface area contributed by atoms with Crippen molar-refractivity contribution in [3.63, 3.8) is 0 Å². The lowest BCUT2D eigenvalue weighted by Crippen LogP contribution is -1.85. The molecule has 54 valence electrons. The van der Waals surface area contributed by atoms with Crippen molar-refractivity contribution in [3.8, 4) is 0 Å². The van der Waals surface area contributed by atoms with Crippen molar-refractivity contribution in [3.05, 3.63) is 36.4 Å². The zero-order valence-electron chi connectivity index (χ0n) is 6.46. The fourth-order valence-electron chi connectivity index (χ4n) is 2.26. The minimum Gasteiger partial charge on any atom is -0.0465 e. The third-order valence-electron chi connectivity index (χ3n) is 2.87. The summed E-state index contributed by atoms with van der Waals surface area (Å²) in [5.74, 6) is 0. The van der Waals surface area contributed by atoms with E-state index in [4.69, 9.17) is 0 Å². The van der Waals surface area contributed by atoms with Gasteiger partial charge in [-0.3, -0.25) is 0 Å². The molecule has 12 heavy (non-hydrogen) atoms. The fraction of sp³-hybridized carbons (Fsp3) is 0. The molecule has 0 aliphatic carbocycles. The Morgan fingerprint density at radius 3 is 0.667 bits per heavy atom. The van der Waals surface area contributed by atoms with E-state index >= 15 is 0 Å². The molecule has 0 unspecified atom stereocenters. The molecule has 5 aromatic carbocycles. The molecule has 0 saturated heterocycles. The highest BCUT2D eigenvalue weighted by Gasteiger charge is 2.07. The van der Waals surface area contributed by atoms with Gasteiger partial charge in [0.2, 0.25) is 0 Å². The molecule has 0 aromatic heterocycles. The summed E-state index contributed by atoms with van der Waals surface area (Å²) >= 11 is 0. The standard InChI is InChI=1S/C12H6/c1-7-2-11-3-8(1)10-4-9(7)5-12(11)6-10/h1-6H. The van der Waals surface area contributed by atoms with Gasteiger partial charge in [-0.1, -0.05) is 0 Å². The van der Waals surface area contributed by atoms with Crippen LogP contribution in [-0.4, -0.2) is 0 Å². The van der Waals surface area contributed by atoms with Crippen LogP contribution in [0.3, 0.4) is 0 Å². The first kappa shape index (κ1) is 5.15. The van der Waals surface area contributed by atoms with E-state index in [0.29, 0.717) is 0 Å². The molecule has 0 heterocycles. The average molecular weight is 150 g/mol. The van der Waals surface area contributed by atoms with E-state index in [1.165, 1.54) is 32.3 Å². The highest BCUT2D eigenvalue weighted by atomic mass is 14.1. The highest BCUT2D eigenvalue weighted by molar-refractivity contribution is 6.13. The molecular formula is C12H6. The van der Waals surface area contributed by atoms with E-state index in [9.17, 15) is 0 Å². The second kappa shape index (κ2) is 1.34. The molecule has 5 aromatic rings. The highest BCUT2D eigenvalue weighted by Crippen LogP contribution is 2.34. The first-order valence-corrected chi connectivity index (χ1v) is 4.21. The number of rotatable bonds is 0. The van der Waals surface area contributed by atoms with Crippen LogP contribution in [0.25, 0.3) is 32.3 Å². The summed E-state index contributed by atoms with van der Waals surface area (Å²) in [4.78, 5) is 0. The second-order valence-corrected chi connectivity index (χ2v) is 3.60. The number of hydrogen-bond acceptors (Lipinski definition) is 0. The first-order chi connectivity index (χ1) is 5.90. The molecule has 0 fully saturated rings. The van der Waals surface area contributed by atoms with Gasteiger partial charge in [-0.25, -0.2) is 0 Å². The van der Waals surface area contributed by atoms with Crippen molar-refractivity contribution in [1.29, 1.82) is 0 Å². The third kappa shape index (κ3) is 0.394. The van der Waals surface area contributed by atoms with Crippen LogP contribution in [0.2, 0.25) is 0 Å². The third-order valence-corrected chi connectivity index (χ3v) is 2.87. The summed E-state index contributed by atoms with van der Waals surface area (Å²) in [5.41, 5.74) is 0. The van der Waals surface area contributed by atoms with Gasteiger partial charge in [0.25, 0.3) is 0 Å². The monoisotopic (exact) mass is 150 g/mol. The van der Waals surface area contributed by atoms with Crippen molar-refractivity contribution in [2.24, 2.45) is 0 Å². The van der Waals surface area contributed by atoms with Crippen molar-refractivity contribution in [2.45, 2.75) is 0 Å². The van der Waals surface area contributed by atoms with Crippen LogP contribution in [0.15, 0.2) is 36.4 Å². The summed E-state index contributed by atoms with van der Waals surface area (Å²) in [6, 6.07) is 13.6. The van der Waals surface area contributed by atoms with Crippen LogP contribution in [0.5, 0.6) is 0 Å². The number of hydrogen-bond donors (Lipinski definition) is 0. The van der Waals surface area contributed by atoms with Gasteiger partial charge in [-0.05, 0) is 68.7 Å². The molecule has 6 bridgehead atoms. The van der Waals surface area contributed by atoms with E-state index in [2.05, 4.69) is 36.4 Å². The maximum atomic E-state index is 2.27. The molecule has 0 saturated carbocycles. The predicted octanol–water partition coefficient (Wildman–Crippen LogP) is 3.46. The van der Waals surface area contributed by atoms with Crippen LogP contribution in [0.4, 0.5) is 0 Å². The Kier molecular flexibility index (Phi) is 0.573. The van der Waals surface area contributed by atoms with Gasteiger partial charge >= 0.3 is 0 Å². The Morgan fingerprint density at radius 1 is 0.333 bits per heavy atom. The van der Waals surface area contributed by atoms with Gasteiger partial charge in [0.05, 0.1) is 0 Å². The van der Waals surface area contributed by atoms with Gasteiger partial charge in [-0.15, -0.1) is 0 Å². The smallest absolute Gasteiger partial charge is 0.0171 e. The van der Waals surface area contributed by atoms with Gasteiger partial charge in [0, 0.05) is 0 Å². The lowest BCUT2D eigenvalue weighted by atomic mass is 9.92. The van der Waals surface area contributed by atoms with E-state index in [1.54, 1.807) is 0 Å². The first-order valence-electron chi connectivity index (χ1n) is 4.21. The minimum atomic E-state index is 1.39. The van der Waals surface area contributed by atoms with Crippen LogP contribution >= 0.6 is 0 Å². The summed E-state index contributed by atoms with van der Waals surface area (Å²) in [7, 11) is 0. The molecule has 0 heteroatoms. The molecule has 5 rings (SSSR count). The molecule has 0 atom stereocenters. The quantitative estimate of drug-likeness (QED) is 0.360. The Hall–Kier alpha value is -1.56. The van der Waals surface area contributed by atoms with Gasteiger partial charge in [-0.2, -0.15) is 0 Å². The molecular weight excluding hydrogens is 144 g/mol. The second-order valence-electron chi connectivity index (χ2n) is 3.60. The molecule has 0 N–H and O–H groups in total. The Morgan fingerprint density at radius 2 is 0.500 bits per heavy atom. The normalized spacial score (nSPS) is 13.0. The fourth-order valence-corrected chi connectivity index (χ4v) is 2.26. The van der Waals surface area contributed by atoms with E-state index in [1.807, 2.05) is 0 Å². The molecule has 0 aliphatic heterocycles. The maximum Gasteiger partial charge on any atom is -0.0171 e. The van der Waals surface area contributed by atoms with Gasteiger partial charge in [0.1, 0.15) is 0 Å². The molecule has 0 aliphatic rings. The largest absolute Gasteiger partial charge is 0.0465 e. The summed E-state index contributed by atoms with van der Waals surface area (Å²) in [6.45, 7) is 0. The van der Waals surface area contributed by atoms with Crippen LogP contribution in [0.1, 0.15) is 0 Å². The average Bonchev–Trinajstić information content (AvgIpc) is 2.12. The van der Waals surface area contributed by atoms with E-state index in [0.717, 1.165) is 0 Å². The van der Waals surface area contributed by atoms with Crippen molar-refractivity contribution in [1.82, 2.24) is 0 Å². The lowest BCUT2D eigenvalue weighted by molar-refractivity contribution is 1.81. The Bertz CT molecular complexity index is 464. The zero-order chi connectivity index (χ0) is 7.71. The van der Waals surface area contributed by atoms with Gasteiger partial charge < -0.3 is 0 Å². The molecule has 0 amide bonds. The maximum absolute atomic E-state index is 2.27. The Labute approximate surface area is 69.4 Å². The van der Waals surface area contributed by atoms with E-state index < -0.39 is 0 Å². The molecule has 0 spiro atoms. The van der Waals surface area contributed by atoms with Crippen LogP contribution in [0, 0.1) is 0 Å². The van der Waals surface area contributed by atoms with Gasteiger partial charge in [0.15, 0.2) is 0 Å². The minimum absolute atomic E-state index is 1.39. The van der Waals surface area contributed by atoms with Crippen molar-refractivity contribution in [2.75, 3.05) is 0 Å². The summed E-state index contributed by atoms with van der Waals surface area (Å²) < 4.78 is 0. The van der Waals surface area contributed by atoms with Crippen molar-refractivity contribution < 1.29 is 0 Å². The summed E-state index contributed by atoms with van der Waals surface area (Å²) in [5, 5.41) is 8.35. The van der Waals surface area contributed by atoms with Crippen molar-refractivity contribution >= 4 is 32.3 Å². The van der Waals surface area contributed by atoms with Crippen LogP contribution < -0.4 is 0 Å². The zero-order valence-corrected chi connectivity index (χ0v) is 6.46. The van der Waals surface area contributed by atoms with Crippen LogP contribution in [-0.2, 0) is 0 Å². The topological polar surface area (TPSA) is 0 Å². The van der Waals surface area contributed by atoms with E-state index in [-0.39, 0.29) is 0 Å². The SMILES string of the molecule is c1c2cc3cc1c1cc2cc3c1. The Balaban J connectivity index is 2.72. The predicted molar refractivity (Wildman–Crippen MR) is 52.5 cm³/mol.